The summed E-state index contributed by atoms with van der Waals surface area (Å²) in [5.74, 6) is -1.18. The molecule has 2 aromatic rings. The Balaban J connectivity index is 1.36. The number of esters is 1. The maximum absolute atomic E-state index is 12.5. The van der Waals surface area contributed by atoms with Crippen LogP contribution in [0.4, 0.5) is 0 Å². The Labute approximate surface area is 161 Å². The van der Waals surface area contributed by atoms with Gasteiger partial charge in [-0.2, -0.15) is 5.06 Å². The zero-order valence-corrected chi connectivity index (χ0v) is 15.0. The predicted octanol–water partition coefficient (Wildman–Crippen LogP) is 2.16. The van der Waals surface area contributed by atoms with Crippen molar-refractivity contribution in [2.24, 2.45) is 0 Å². The first-order valence-corrected chi connectivity index (χ1v) is 8.86. The minimum atomic E-state index is -0.445. The number of hydrogen-bond donors (Lipinski definition) is 0. The number of fused-ring (bicyclic) bond motifs is 1. The average molecular weight is 378 g/mol. The van der Waals surface area contributed by atoms with Crippen LogP contribution in [0.25, 0.3) is 0 Å². The summed E-state index contributed by atoms with van der Waals surface area (Å²) in [6, 6.07) is 16.1. The Morgan fingerprint density at radius 1 is 0.964 bits per heavy atom. The topological polar surface area (TPSA) is 76.2 Å². The van der Waals surface area contributed by atoms with Gasteiger partial charge in [0.25, 0.3) is 11.8 Å². The van der Waals surface area contributed by atoms with Crippen LogP contribution in [0.1, 0.15) is 26.3 Å². The van der Waals surface area contributed by atoms with Gasteiger partial charge in [-0.15, -0.1) is 0 Å². The van der Waals surface area contributed by atoms with Crippen molar-refractivity contribution < 1.29 is 24.0 Å². The molecule has 2 aliphatic heterocycles. The fourth-order valence-electron chi connectivity index (χ4n) is 3.12. The second-order valence-electron chi connectivity index (χ2n) is 6.45. The van der Waals surface area contributed by atoms with Gasteiger partial charge in [-0.05, 0) is 23.8 Å². The molecule has 0 bridgehead atoms. The first kappa shape index (κ1) is 18.1. The zero-order chi connectivity index (χ0) is 19.5. The standard InChI is InChI=1S/C21H18N2O5/c24-19-17-8-4-5-9-18(17)20(25)23(19)14-22-12-16(10-11-28-22)21(26)27-13-15-6-2-1-3-7-15/h1-10H,11-14H2. The van der Waals surface area contributed by atoms with Crippen molar-refractivity contribution in [1.82, 2.24) is 9.96 Å². The van der Waals surface area contributed by atoms with Gasteiger partial charge in [0, 0.05) is 0 Å². The van der Waals surface area contributed by atoms with Crippen molar-refractivity contribution in [3.05, 3.63) is 82.9 Å². The van der Waals surface area contributed by atoms with Crippen LogP contribution < -0.4 is 0 Å². The maximum atomic E-state index is 12.5. The fourth-order valence-corrected chi connectivity index (χ4v) is 3.12. The number of benzene rings is 2. The molecule has 0 N–H and O–H groups in total. The van der Waals surface area contributed by atoms with Gasteiger partial charge in [-0.3, -0.25) is 19.3 Å². The average Bonchev–Trinajstić information content (AvgIpc) is 2.98. The van der Waals surface area contributed by atoms with E-state index in [1.54, 1.807) is 30.3 Å². The number of nitrogens with zero attached hydrogens (tertiary/aromatic N) is 2. The number of hydrogen-bond acceptors (Lipinski definition) is 6. The van der Waals surface area contributed by atoms with E-state index in [0.29, 0.717) is 16.7 Å². The van der Waals surface area contributed by atoms with Crippen LogP contribution in [0.15, 0.2) is 66.2 Å². The number of hydroxylamine groups is 2. The molecule has 142 valence electrons. The van der Waals surface area contributed by atoms with E-state index in [9.17, 15) is 14.4 Å². The zero-order valence-electron chi connectivity index (χ0n) is 15.0. The summed E-state index contributed by atoms with van der Waals surface area (Å²) in [4.78, 5) is 43.9. The van der Waals surface area contributed by atoms with E-state index >= 15 is 0 Å². The number of imide groups is 1. The lowest BCUT2D eigenvalue weighted by Gasteiger charge is -2.28. The van der Waals surface area contributed by atoms with E-state index in [1.807, 2.05) is 30.3 Å². The summed E-state index contributed by atoms with van der Waals surface area (Å²) in [7, 11) is 0. The molecule has 2 aliphatic rings. The second-order valence-corrected chi connectivity index (χ2v) is 6.45. The normalized spacial score (nSPS) is 16.7. The first-order valence-electron chi connectivity index (χ1n) is 8.86. The minimum absolute atomic E-state index is 0.0599. The molecule has 0 aliphatic carbocycles. The molecule has 2 heterocycles. The Kier molecular flexibility index (Phi) is 5.01. The molecular weight excluding hydrogens is 360 g/mol. The molecule has 0 aromatic heterocycles. The lowest BCUT2D eigenvalue weighted by molar-refractivity contribution is -0.169. The van der Waals surface area contributed by atoms with Crippen LogP contribution in [-0.2, 0) is 21.0 Å². The minimum Gasteiger partial charge on any atom is -0.457 e. The summed E-state index contributed by atoms with van der Waals surface area (Å²) < 4.78 is 5.34. The van der Waals surface area contributed by atoms with Crippen LogP contribution in [0.2, 0.25) is 0 Å². The quantitative estimate of drug-likeness (QED) is 0.586. The third-order valence-electron chi connectivity index (χ3n) is 4.59. The number of amides is 2. The van der Waals surface area contributed by atoms with Crippen LogP contribution in [0.5, 0.6) is 0 Å². The van der Waals surface area contributed by atoms with Gasteiger partial charge < -0.3 is 4.74 Å². The first-order chi connectivity index (χ1) is 13.6. The summed E-state index contributed by atoms with van der Waals surface area (Å²) in [6.07, 6.45) is 1.65. The SMILES string of the molecule is O=C(OCc1ccccc1)C1=CCON(CN2C(=O)c3ccccc3C2=O)C1. The molecule has 0 unspecified atom stereocenters. The fraction of sp³-hybridized carbons (Fsp3) is 0.190. The lowest BCUT2D eigenvalue weighted by Crippen LogP contribution is -2.44. The Morgan fingerprint density at radius 2 is 1.61 bits per heavy atom. The van der Waals surface area contributed by atoms with Crippen LogP contribution in [-0.4, -0.2) is 47.6 Å². The van der Waals surface area contributed by atoms with E-state index in [-0.39, 0.29) is 38.2 Å². The molecule has 7 heteroatoms. The van der Waals surface area contributed by atoms with Crippen molar-refractivity contribution in [2.75, 3.05) is 19.8 Å². The highest BCUT2D eigenvalue weighted by Crippen LogP contribution is 2.23. The molecular formula is C21H18N2O5. The largest absolute Gasteiger partial charge is 0.457 e. The van der Waals surface area contributed by atoms with Crippen molar-refractivity contribution in [3.8, 4) is 0 Å². The van der Waals surface area contributed by atoms with E-state index in [1.165, 1.54) is 5.06 Å². The highest BCUT2D eigenvalue weighted by molar-refractivity contribution is 6.21. The van der Waals surface area contributed by atoms with Gasteiger partial charge in [0.2, 0.25) is 0 Å². The predicted molar refractivity (Wildman–Crippen MR) is 98.8 cm³/mol. The molecule has 0 saturated carbocycles. The van der Waals surface area contributed by atoms with Crippen molar-refractivity contribution in [2.45, 2.75) is 6.61 Å². The van der Waals surface area contributed by atoms with Gasteiger partial charge in [-0.25, -0.2) is 4.79 Å². The molecule has 4 rings (SSSR count). The number of rotatable bonds is 5. The van der Waals surface area contributed by atoms with E-state index < -0.39 is 5.97 Å². The van der Waals surface area contributed by atoms with Gasteiger partial charge >= 0.3 is 5.97 Å². The molecule has 2 amide bonds. The molecule has 2 aromatic carbocycles. The van der Waals surface area contributed by atoms with Crippen LogP contribution in [0, 0.1) is 0 Å². The van der Waals surface area contributed by atoms with Crippen LogP contribution in [0.3, 0.4) is 0 Å². The van der Waals surface area contributed by atoms with Crippen LogP contribution >= 0.6 is 0 Å². The number of carbonyl (C=O) groups excluding carboxylic acids is 3. The van der Waals surface area contributed by atoms with Gasteiger partial charge in [0.15, 0.2) is 0 Å². The van der Waals surface area contributed by atoms with Gasteiger partial charge in [0.1, 0.15) is 13.3 Å². The van der Waals surface area contributed by atoms with E-state index in [0.717, 1.165) is 10.5 Å². The number of ether oxygens (including phenoxy) is 1. The molecule has 0 saturated heterocycles. The molecule has 28 heavy (non-hydrogen) atoms. The summed E-state index contributed by atoms with van der Waals surface area (Å²) >= 11 is 0. The highest BCUT2D eigenvalue weighted by Gasteiger charge is 2.37. The van der Waals surface area contributed by atoms with Crippen molar-refractivity contribution in [1.29, 1.82) is 0 Å². The molecule has 0 radical (unpaired) electrons. The second kappa shape index (κ2) is 7.75. The summed E-state index contributed by atoms with van der Waals surface area (Å²) in [5, 5.41) is 1.42. The molecule has 0 fully saturated rings. The van der Waals surface area contributed by atoms with Crippen molar-refractivity contribution in [3.63, 3.8) is 0 Å². The van der Waals surface area contributed by atoms with Gasteiger partial charge in [-0.1, -0.05) is 42.5 Å². The Hall–Kier alpha value is -3.29. The van der Waals surface area contributed by atoms with Crippen molar-refractivity contribution >= 4 is 17.8 Å². The highest BCUT2D eigenvalue weighted by atomic mass is 16.7. The van der Waals surface area contributed by atoms with E-state index in [2.05, 4.69) is 0 Å². The van der Waals surface area contributed by atoms with E-state index in [4.69, 9.17) is 9.57 Å². The lowest BCUT2D eigenvalue weighted by atomic mass is 10.1. The summed E-state index contributed by atoms with van der Waals surface area (Å²) in [5.41, 5.74) is 2.08. The Morgan fingerprint density at radius 3 is 2.29 bits per heavy atom. The monoisotopic (exact) mass is 378 g/mol. The number of carbonyl (C=O) groups is 3. The Bertz CT molecular complexity index is 919. The summed E-state index contributed by atoms with van der Waals surface area (Å²) in [6.45, 7) is 0.409. The third-order valence-corrected chi connectivity index (χ3v) is 4.59. The molecule has 0 spiro atoms. The molecule has 7 nitrogen and oxygen atoms in total. The van der Waals surface area contributed by atoms with Gasteiger partial charge in [0.05, 0.1) is 29.9 Å². The maximum Gasteiger partial charge on any atom is 0.335 e. The third kappa shape index (κ3) is 3.58. The smallest absolute Gasteiger partial charge is 0.335 e. The molecule has 0 atom stereocenters.